The van der Waals surface area contributed by atoms with E-state index in [-0.39, 0.29) is 24.5 Å². The standard InChI is InChI=1S/C21H19FN6O3S/c1-12(23-21-24-15-4-2-3-5-16(15)32-21)20(30)27-26-17(29)10-11-18-25-19(28-31-18)13-6-8-14(22)9-7-13/h2-9,12H,10-11H2,1H3,(H,23,24)(H,26,29)(H,27,30). The normalized spacial score (nSPS) is 11.8. The maximum absolute atomic E-state index is 13.0. The van der Waals surface area contributed by atoms with Crippen LogP contribution in [0.5, 0.6) is 0 Å². The van der Waals surface area contributed by atoms with Crippen molar-refractivity contribution >= 4 is 38.5 Å². The molecule has 164 valence electrons. The van der Waals surface area contributed by atoms with Crippen LogP contribution in [-0.2, 0) is 16.0 Å². The van der Waals surface area contributed by atoms with E-state index in [1.54, 1.807) is 6.92 Å². The summed E-state index contributed by atoms with van der Waals surface area (Å²) in [6.45, 7) is 1.67. The summed E-state index contributed by atoms with van der Waals surface area (Å²) in [7, 11) is 0. The number of hydrogen-bond acceptors (Lipinski definition) is 8. The lowest BCUT2D eigenvalue weighted by molar-refractivity contribution is -0.129. The first-order valence-corrected chi connectivity index (χ1v) is 10.6. The molecule has 4 rings (SSSR count). The smallest absolute Gasteiger partial charge is 0.260 e. The molecule has 0 aliphatic heterocycles. The van der Waals surface area contributed by atoms with Gasteiger partial charge >= 0.3 is 0 Å². The number of fused-ring (bicyclic) bond motifs is 1. The molecule has 0 aliphatic carbocycles. The fraction of sp³-hybridized carbons (Fsp3) is 0.190. The molecule has 2 aromatic carbocycles. The third-order valence-electron chi connectivity index (χ3n) is 4.49. The highest BCUT2D eigenvalue weighted by atomic mass is 32.1. The lowest BCUT2D eigenvalue weighted by Gasteiger charge is -2.13. The first-order valence-electron chi connectivity index (χ1n) is 9.77. The van der Waals surface area contributed by atoms with Crippen LogP contribution in [0, 0.1) is 5.82 Å². The predicted octanol–water partition coefficient (Wildman–Crippen LogP) is 3.07. The van der Waals surface area contributed by atoms with Gasteiger partial charge in [-0.15, -0.1) is 0 Å². The van der Waals surface area contributed by atoms with Crippen LogP contribution in [0.4, 0.5) is 9.52 Å². The van der Waals surface area contributed by atoms with Gasteiger partial charge in [0.2, 0.25) is 17.6 Å². The second-order valence-electron chi connectivity index (χ2n) is 6.91. The molecule has 0 radical (unpaired) electrons. The highest BCUT2D eigenvalue weighted by Crippen LogP contribution is 2.25. The molecule has 1 atom stereocenters. The van der Waals surface area contributed by atoms with Crippen molar-refractivity contribution in [2.45, 2.75) is 25.8 Å². The van der Waals surface area contributed by atoms with Crippen LogP contribution in [0.2, 0.25) is 0 Å². The number of halogens is 1. The second-order valence-corrected chi connectivity index (χ2v) is 7.94. The number of carbonyl (C=O) groups is 2. The van der Waals surface area contributed by atoms with E-state index in [0.717, 1.165) is 10.2 Å². The van der Waals surface area contributed by atoms with Gasteiger partial charge in [0.05, 0.1) is 10.2 Å². The van der Waals surface area contributed by atoms with Gasteiger partial charge in [0, 0.05) is 18.4 Å². The zero-order valence-electron chi connectivity index (χ0n) is 17.0. The summed E-state index contributed by atoms with van der Waals surface area (Å²) in [6, 6.07) is 12.7. The molecule has 9 nitrogen and oxygen atoms in total. The molecule has 2 aromatic heterocycles. The zero-order chi connectivity index (χ0) is 22.5. The first-order chi connectivity index (χ1) is 15.5. The summed E-state index contributed by atoms with van der Waals surface area (Å²) >= 11 is 1.44. The van der Waals surface area contributed by atoms with Crippen molar-refractivity contribution in [3.05, 3.63) is 60.2 Å². The Bertz CT molecular complexity index is 1210. The van der Waals surface area contributed by atoms with E-state index in [2.05, 4.69) is 31.3 Å². The summed E-state index contributed by atoms with van der Waals surface area (Å²) in [4.78, 5) is 32.9. The monoisotopic (exact) mass is 454 g/mol. The number of hydrazine groups is 1. The number of benzene rings is 2. The minimum atomic E-state index is -0.606. The van der Waals surface area contributed by atoms with Crippen LogP contribution in [0.3, 0.4) is 0 Å². The lowest BCUT2D eigenvalue weighted by Crippen LogP contribution is -2.47. The molecule has 32 heavy (non-hydrogen) atoms. The number of aromatic nitrogens is 3. The Morgan fingerprint density at radius 2 is 1.88 bits per heavy atom. The van der Waals surface area contributed by atoms with E-state index in [9.17, 15) is 14.0 Å². The fourth-order valence-corrected chi connectivity index (χ4v) is 3.73. The zero-order valence-corrected chi connectivity index (χ0v) is 17.8. The van der Waals surface area contributed by atoms with Crippen molar-refractivity contribution < 1.29 is 18.5 Å². The van der Waals surface area contributed by atoms with E-state index in [4.69, 9.17) is 4.52 Å². The number of carbonyl (C=O) groups excluding carboxylic acids is 2. The highest BCUT2D eigenvalue weighted by Gasteiger charge is 2.16. The van der Waals surface area contributed by atoms with Crippen LogP contribution < -0.4 is 16.2 Å². The third kappa shape index (κ3) is 5.24. The Morgan fingerprint density at radius 3 is 2.66 bits per heavy atom. The van der Waals surface area contributed by atoms with Crippen LogP contribution in [0.25, 0.3) is 21.6 Å². The fourth-order valence-electron chi connectivity index (χ4n) is 2.78. The average molecular weight is 454 g/mol. The van der Waals surface area contributed by atoms with E-state index >= 15 is 0 Å². The molecule has 2 heterocycles. The Morgan fingerprint density at radius 1 is 1.09 bits per heavy atom. The molecular formula is C21H19FN6O3S. The maximum Gasteiger partial charge on any atom is 0.260 e. The Balaban J connectivity index is 1.22. The topological polar surface area (TPSA) is 122 Å². The number of thiazole rings is 1. The van der Waals surface area contributed by atoms with Gasteiger partial charge in [-0.3, -0.25) is 20.4 Å². The van der Waals surface area contributed by atoms with Crippen molar-refractivity contribution in [2.75, 3.05) is 5.32 Å². The summed E-state index contributed by atoms with van der Waals surface area (Å²) in [6.07, 6.45) is 0.223. The molecule has 1 unspecified atom stereocenters. The van der Waals surface area contributed by atoms with Gasteiger partial charge in [-0.25, -0.2) is 9.37 Å². The summed E-state index contributed by atoms with van der Waals surface area (Å²) in [5.41, 5.74) is 6.20. The maximum atomic E-state index is 13.0. The lowest BCUT2D eigenvalue weighted by atomic mass is 10.2. The number of rotatable bonds is 7. The molecule has 0 saturated heterocycles. The van der Waals surface area contributed by atoms with Crippen LogP contribution in [-0.4, -0.2) is 33.0 Å². The first kappa shape index (κ1) is 21.4. The molecule has 0 aliphatic rings. The van der Waals surface area contributed by atoms with E-state index < -0.39 is 17.9 Å². The minimum Gasteiger partial charge on any atom is -0.350 e. The summed E-state index contributed by atoms with van der Waals surface area (Å²) in [5, 5.41) is 7.46. The van der Waals surface area contributed by atoms with Crippen LogP contribution in [0.15, 0.2) is 53.1 Å². The predicted molar refractivity (Wildman–Crippen MR) is 117 cm³/mol. The Labute approximate surface area is 186 Å². The highest BCUT2D eigenvalue weighted by molar-refractivity contribution is 7.22. The van der Waals surface area contributed by atoms with Gasteiger partial charge < -0.3 is 9.84 Å². The summed E-state index contributed by atoms with van der Waals surface area (Å²) < 4.78 is 19.1. The number of hydrogen-bond donors (Lipinski definition) is 3. The van der Waals surface area contributed by atoms with Crippen LogP contribution >= 0.6 is 11.3 Å². The molecule has 0 saturated carbocycles. The van der Waals surface area contributed by atoms with Crippen LogP contribution in [0.1, 0.15) is 19.2 Å². The minimum absolute atomic E-state index is 0.0327. The number of para-hydroxylation sites is 1. The molecule has 0 bridgehead atoms. The van der Waals surface area contributed by atoms with E-state index in [1.807, 2.05) is 24.3 Å². The quantitative estimate of drug-likeness (QED) is 0.367. The van der Waals surface area contributed by atoms with Crippen molar-refractivity contribution in [1.29, 1.82) is 0 Å². The SMILES string of the molecule is CC(Nc1nc2ccccc2s1)C(=O)NNC(=O)CCc1nc(-c2ccc(F)cc2)no1. The molecule has 0 fully saturated rings. The molecule has 4 aromatic rings. The van der Waals surface area contributed by atoms with Crippen molar-refractivity contribution in [1.82, 2.24) is 26.0 Å². The largest absolute Gasteiger partial charge is 0.350 e. The van der Waals surface area contributed by atoms with Gasteiger partial charge in [0.25, 0.3) is 5.91 Å². The van der Waals surface area contributed by atoms with Gasteiger partial charge in [-0.2, -0.15) is 4.98 Å². The molecule has 3 N–H and O–H groups in total. The third-order valence-corrected chi connectivity index (χ3v) is 5.46. The summed E-state index contributed by atoms with van der Waals surface area (Å²) in [5.74, 6) is -0.609. The average Bonchev–Trinajstić information content (AvgIpc) is 3.43. The number of nitrogens with zero attached hydrogens (tertiary/aromatic N) is 3. The van der Waals surface area contributed by atoms with Crippen molar-refractivity contribution in [3.8, 4) is 11.4 Å². The van der Waals surface area contributed by atoms with E-state index in [0.29, 0.717) is 16.5 Å². The van der Waals surface area contributed by atoms with E-state index in [1.165, 1.54) is 35.6 Å². The molecule has 0 spiro atoms. The number of aryl methyl sites for hydroxylation is 1. The second kappa shape index (κ2) is 9.52. The van der Waals surface area contributed by atoms with Gasteiger partial charge in [0.15, 0.2) is 5.13 Å². The molecular weight excluding hydrogens is 435 g/mol. The molecule has 11 heteroatoms. The van der Waals surface area contributed by atoms with Gasteiger partial charge in [-0.05, 0) is 43.3 Å². The molecule has 2 amide bonds. The van der Waals surface area contributed by atoms with Crippen molar-refractivity contribution in [3.63, 3.8) is 0 Å². The number of anilines is 1. The van der Waals surface area contributed by atoms with Crippen molar-refractivity contribution in [2.24, 2.45) is 0 Å². The Kier molecular flexibility index (Phi) is 6.36. The Hall–Kier alpha value is -3.86. The van der Waals surface area contributed by atoms with Gasteiger partial charge in [-0.1, -0.05) is 28.6 Å². The number of amides is 2. The van der Waals surface area contributed by atoms with Gasteiger partial charge in [0.1, 0.15) is 11.9 Å². The number of nitrogens with one attached hydrogen (secondary N) is 3.